The van der Waals surface area contributed by atoms with Gasteiger partial charge in [-0.05, 0) is 132 Å². The number of allylic oxidation sites excluding steroid dienone is 7. The Morgan fingerprint density at radius 2 is 0.724 bits per heavy atom. The quantitative estimate of drug-likeness (QED) is 0.234. The highest BCUT2D eigenvalue weighted by atomic mass is 16.6. The monoisotopic (exact) mass is 817 g/mol. The summed E-state index contributed by atoms with van der Waals surface area (Å²) in [6.07, 6.45) is 46.7. The third-order valence-electron chi connectivity index (χ3n) is 7.70. The number of epoxide rings is 1. The first-order chi connectivity index (χ1) is 29.0. The Labute approximate surface area is 350 Å². The standard InChI is InChI=1S/C6H6O.2C5H10O.C5H8O.C5H6O.2C4H8O.C4H6O.C4H4O.C3H6O.C2H4O/c1-2-4-6-7-5-3-1;4*1-2-4-6-5-3-1;4*1-2-4-5-3-1;1-2-4-3-1;1-2-3-1/h1-6H;2*1-5H2;2,4H,1,3,5H2;1-4H,5H2;2*1-4H2;1,3H,2,4H2;1-4H;1-3H2;1-2H2. The van der Waals surface area contributed by atoms with E-state index in [0.717, 1.165) is 106 Å². The first-order valence-corrected chi connectivity index (χ1v) is 21.5. The topological polar surface area (TPSA) is 109 Å². The maximum atomic E-state index is 5.07. The van der Waals surface area contributed by atoms with E-state index in [1.54, 1.807) is 43.8 Å². The second kappa shape index (κ2) is 49.6. The van der Waals surface area contributed by atoms with Gasteiger partial charge in [-0.2, -0.15) is 0 Å². The van der Waals surface area contributed by atoms with Crippen molar-refractivity contribution in [3.05, 3.63) is 111 Å². The van der Waals surface area contributed by atoms with Crippen molar-refractivity contribution in [2.45, 2.75) is 89.9 Å². The molecule has 11 heteroatoms. The van der Waals surface area contributed by atoms with Crippen molar-refractivity contribution in [1.29, 1.82) is 0 Å². The molecule has 11 heterocycles. The molecule has 11 nitrogen and oxygen atoms in total. The predicted octanol–water partition coefficient (Wildman–Crippen LogP) is 10.6. The van der Waals surface area contributed by atoms with E-state index in [9.17, 15) is 0 Å². The highest BCUT2D eigenvalue weighted by molar-refractivity contribution is 5.11. The van der Waals surface area contributed by atoms with E-state index >= 15 is 0 Å². The number of furan rings is 1. The van der Waals surface area contributed by atoms with Gasteiger partial charge in [0.2, 0.25) is 0 Å². The predicted molar refractivity (Wildman–Crippen MR) is 231 cm³/mol. The van der Waals surface area contributed by atoms with Gasteiger partial charge in [-0.15, -0.1) is 0 Å². The Morgan fingerprint density at radius 3 is 0.897 bits per heavy atom. The molecule has 10 aliphatic rings. The van der Waals surface area contributed by atoms with Crippen LogP contribution in [-0.2, 0) is 47.4 Å². The van der Waals surface area contributed by atoms with E-state index in [1.807, 2.05) is 66.8 Å². The summed E-state index contributed by atoms with van der Waals surface area (Å²) in [4.78, 5) is 0. The van der Waals surface area contributed by atoms with Gasteiger partial charge < -0.3 is 51.8 Å². The minimum atomic E-state index is 0.733. The Kier molecular flexibility index (Phi) is 44.8. The Bertz CT molecular complexity index is 966. The third-order valence-corrected chi connectivity index (χ3v) is 7.70. The largest absolute Gasteiger partial charge is 0.502 e. The molecule has 330 valence electrons. The average molecular weight is 817 g/mol. The lowest BCUT2D eigenvalue weighted by molar-refractivity contribution is 0.0367. The van der Waals surface area contributed by atoms with Crippen molar-refractivity contribution >= 4 is 0 Å². The van der Waals surface area contributed by atoms with Crippen LogP contribution in [0.5, 0.6) is 0 Å². The van der Waals surface area contributed by atoms with Crippen molar-refractivity contribution in [2.24, 2.45) is 0 Å². The zero-order chi connectivity index (χ0) is 41.0. The molecule has 0 unspecified atom stereocenters. The molecule has 6 fully saturated rings. The highest BCUT2D eigenvalue weighted by Gasteiger charge is 1.97. The number of hydrogen-bond acceptors (Lipinski definition) is 11. The summed E-state index contributed by atoms with van der Waals surface area (Å²) >= 11 is 0. The van der Waals surface area contributed by atoms with Gasteiger partial charge in [0.05, 0.1) is 70.3 Å². The maximum Gasteiger partial charge on any atom is 0.106 e. The summed E-state index contributed by atoms with van der Waals surface area (Å²) in [5.41, 5.74) is 0. The molecule has 0 spiro atoms. The third kappa shape index (κ3) is 50.4. The molecule has 0 amide bonds. The summed E-state index contributed by atoms with van der Waals surface area (Å²) in [6.45, 7) is 14.5. The lowest BCUT2D eigenvalue weighted by atomic mass is 10.2. The van der Waals surface area contributed by atoms with Gasteiger partial charge in [0.25, 0.3) is 0 Å². The van der Waals surface area contributed by atoms with Crippen molar-refractivity contribution < 1.29 is 51.8 Å². The van der Waals surface area contributed by atoms with E-state index in [1.165, 1.54) is 83.5 Å². The Morgan fingerprint density at radius 1 is 0.276 bits per heavy atom. The van der Waals surface area contributed by atoms with E-state index in [2.05, 4.69) is 9.15 Å². The molecule has 0 bridgehead atoms. The van der Waals surface area contributed by atoms with Crippen LogP contribution < -0.4 is 0 Å². The normalized spacial score (nSPS) is 20.1. The van der Waals surface area contributed by atoms with E-state index in [-0.39, 0.29) is 0 Å². The molecule has 11 rings (SSSR count). The summed E-state index contributed by atoms with van der Waals surface area (Å²) in [5.74, 6) is 0. The molecule has 0 aliphatic carbocycles. The molecular weight excluding hydrogens is 741 g/mol. The molecule has 0 atom stereocenters. The van der Waals surface area contributed by atoms with Crippen molar-refractivity contribution in [2.75, 3.05) is 99.1 Å². The summed E-state index contributed by atoms with van der Waals surface area (Å²) < 4.78 is 53.1. The minimum absolute atomic E-state index is 0.733. The van der Waals surface area contributed by atoms with Gasteiger partial charge in [0.1, 0.15) is 6.61 Å². The molecule has 0 N–H and O–H groups in total. The molecule has 1 aromatic rings. The highest BCUT2D eigenvalue weighted by Crippen LogP contribution is 2.03. The van der Waals surface area contributed by atoms with Gasteiger partial charge >= 0.3 is 0 Å². The van der Waals surface area contributed by atoms with Gasteiger partial charge in [-0.3, -0.25) is 0 Å². The molecule has 0 radical (unpaired) electrons. The lowest BCUT2D eigenvalue weighted by Gasteiger charge is -2.09. The van der Waals surface area contributed by atoms with Crippen LogP contribution in [0.4, 0.5) is 0 Å². The minimum Gasteiger partial charge on any atom is -0.502 e. The fourth-order valence-corrected chi connectivity index (χ4v) is 4.30. The van der Waals surface area contributed by atoms with Crippen LogP contribution in [-0.4, -0.2) is 99.1 Å². The van der Waals surface area contributed by atoms with Crippen molar-refractivity contribution in [1.82, 2.24) is 0 Å². The molecule has 1 aromatic heterocycles. The fraction of sp³-hybridized carbons (Fsp3) is 0.617. The molecule has 0 aromatic carbocycles. The first-order valence-electron chi connectivity index (χ1n) is 21.5. The summed E-state index contributed by atoms with van der Waals surface area (Å²) in [6, 6.07) is 3.67. The van der Waals surface area contributed by atoms with Gasteiger partial charge in [0, 0.05) is 72.5 Å². The SMILES string of the molecule is C1=CC=COC=C1.C1=CCOC=C1.C1=COCC1.C1=COCCC1.C1CCOC1.C1CCOC1.C1CCOCC1.C1CCOCC1.C1CO1.C1COC1.c1ccoc1. The van der Waals surface area contributed by atoms with Crippen LogP contribution >= 0.6 is 0 Å². The number of ether oxygens (including phenoxy) is 10. The first kappa shape index (κ1) is 52.4. The zero-order valence-corrected chi connectivity index (χ0v) is 35.4. The van der Waals surface area contributed by atoms with Gasteiger partial charge in [-0.25, -0.2) is 0 Å². The number of hydrogen-bond donors (Lipinski definition) is 0. The lowest BCUT2D eigenvalue weighted by Crippen LogP contribution is -2.09. The molecule has 0 saturated carbocycles. The average Bonchev–Trinajstić information content (AvgIpc) is 3.88. The van der Waals surface area contributed by atoms with E-state index in [0.29, 0.717) is 0 Å². The van der Waals surface area contributed by atoms with Crippen LogP contribution in [0.3, 0.4) is 0 Å². The fourth-order valence-electron chi connectivity index (χ4n) is 4.30. The Balaban J connectivity index is 0.000000320. The number of rotatable bonds is 0. The molecule has 6 saturated heterocycles. The molecular formula is C47H76O11. The van der Waals surface area contributed by atoms with Crippen LogP contribution in [0.2, 0.25) is 0 Å². The second-order valence-corrected chi connectivity index (χ2v) is 13.0. The summed E-state index contributed by atoms with van der Waals surface area (Å²) in [5, 5.41) is 0. The van der Waals surface area contributed by atoms with Crippen LogP contribution in [0.1, 0.15) is 89.9 Å². The Hall–Kier alpha value is -3.58. The zero-order valence-electron chi connectivity index (χ0n) is 35.4. The smallest absolute Gasteiger partial charge is 0.106 e. The van der Waals surface area contributed by atoms with E-state index < -0.39 is 0 Å². The van der Waals surface area contributed by atoms with Crippen LogP contribution in [0.15, 0.2) is 115 Å². The van der Waals surface area contributed by atoms with Gasteiger partial charge in [-0.1, -0.05) is 18.2 Å². The van der Waals surface area contributed by atoms with E-state index in [4.69, 9.17) is 42.6 Å². The second-order valence-electron chi connectivity index (χ2n) is 13.0. The van der Waals surface area contributed by atoms with Crippen LogP contribution in [0, 0.1) is 0 Å². The van der Waals surface area contributed by atoms with Crippen molar-refractivity contribution in [3.63, 3.8) is 0 Å². The van der Waals surface area contributed by atoms with Gasteiger partial charge in [0.15, 0.2) is 0 Å². The summed E-state index contributed by atoms with van der Waals surface area (Å²) in [7, 11) is 0. The maximum absolute atomic E-state index is 5.07. The van der Waals surface area contributed by atoms with Crippen molar-refractivity contribution in [3.8, 4) is 0 Å². The van der Waals surface area contributed by atoms with Crippen LogP contribution in [0.25, 0.3) is 0 Å². The molecule has 10 aliphatic heterocycles. The molecule has 58 heavy (non-hydrogen) atoms.